The van der Waals surface area contributed by atoms with Crippen molar-refractivity contribution in [3.63, 3.8) is 0 Å². The average Bonchev–Trinajstić information content (AvgIpc) is 3.42. The Morgan fingerprint density at radius 1 is 1.07 bits per heavy atom. The number of rotatable bonds is 6. The van der Waals surface area contributed by atoms with Crippen LogP contribution in [0.4, 0.5) is 4.79 Å². The van der Waals surface area contributed by atoms with Gasteiger partial charge in [-0.05, 0) is 43.9 Å². The van der Waals surface area contributed by atoms with Gasteiger partial charge in [-0.2, -0.15) is 4.98 Å². The number of carbonyl (C=O) groups is 1. The van der Waals surface area contributed by atoms with E-state index in [1.807, 2.05) is 52.0 Å². The van der Waals surface area contributed by atoms with Crippen LogP contribution in [0, 0.1) is 5.41 Å². The standard InChI is InChI=1S/C31H40N4O6/c1-20(2)21-7-9-23(10-8-21)31(38,29(6)18-35(19-29)27(36)40-28(3,4)5)24-15-22(16-32-17-24)25-33-26(34-41-25)30(37)11-13-39-14-12-30/h7-10,15-17,20,37-38H,11-14,18-19H2,1-6H3/t31-/m0/s1. The zero-order valence-electron chi connectivity index (χ0n) is 24.7. The molecule has 2 aliphatic rings. The zero-order valence-corrected chi connectivity index (χ0v) is 24.7. The molecule has 2 aliphatic heterocycles. The molecule has 1 aromatic carbocycles. The van der Waals surface area contributed by atoms with Crippen molar-refractivity contribution in [2.24, 2.45) is 5.41 Å². The van der Waals surface area contributed by atoms with Gasteiger partial charge in [0.1, 0.15) is 16.8 Å². The number of nitrogens with zero attached hydrogens (tertiary/aromatic N) is 4. The van der Waals surface area contributed by atoms with Crippen LogP contribution in [0.15, 0.2) is 47.2 Å². The van der Waals surface area contributed by atoms with E-state index in [0.717, 1.165) is 5.56 Å². The van der Waals surface area contributed by atoms with Crippen LogP contribution in [0.1, 0.15) is 82.8 Å². The number of pyridine rings is 1. The normalized spacial score (nSPS) is 19.9. The fourth-order valence-electron chi connectivity index (χ4n) is 5.67. The molecule has 0 saturated carbocycles. The molecule has 10 nitrogen and oxygen atoms in total. The van der Waals surface area contributed by atoms with Crippen LogP contribution in [0.2, 0.25) is 0 Å². The third-order valence-electron chi connectivity index (χ3n) is 8.17. The quantitative estimate of drug-likeness (QED) is 0.436. The molecule has 2 saturated heterocycles. The van der Waals surface area contributed by atoms with Gasteiger partial charge in [0, 0.05) is 62.5 Å². The molecule has 1 atom stereocenters. The predicted octanol–water partition coefficient (Wildman–Crippen LogP) is 4.75. The second kappa shape index (κ2) is 10.5. The summed E-state index contributed by atoms with van der Waals surface area (Å²) >= 11 is 0. The second-order valence-corrected chi connectivity index (χ2v) is 12.9. The first-order valence-electron chi connectivity index (χ1n) is 14.2. The minimum absolute atomic E-state index is 0.195. The number of carbonyl (C=O) groups excluding carboxylic acids is 1. The van der Waals surface area contributed by atoms with Crippen molar-refractivity contribution in [2.75, 3.05) is 26.3 Å². The van der Waals surface area contributed by atoms with E-state index in [-0.39, 0.29) is 24.8 Å². The molecule has 2 aromatic heterocycles. The van der Waals surface area contributed by atoms with Crippen LogP contribution in [0.3, 0.4) is 0 Å². The van der Waals surface area contributed by atoms with Crippen molar-refractivity contribution in [1.29, 1.82) is 0 Å². The fourth-order valence-corrected chi connectivity index (χ4v) is 5.67. The van der Waals surface area contributed by atoms with E-state index in [2.05, 4.69) is 29.0 Å². The molecule has 4 heterocycles. The maximum atomic E-state index is 12.8. The molecule has 220 valence electrons. The Morgan fingerprint density at radius 2 is 1.73 bits per heavy atom. The van der Waals surface area contributed by atoms with E-state index in [4.69, 9.17) is 14.0 Å². The highest BCUT2D eigenvalue weighted by atomic mass is 16.6. The number of aromatic nitrogens is 3. The number of amides is 1. The molecular formula is C31H40N4O6. The average molecular weight is 565 g/mol. The molecule has 0 unspecified atom stereocenters. The maximum absolute atomic E-state index is 12.8. The van der Waals surface area contributed by atoms with Gasteiger partial charge in [0.05, 0.1) is 5.56 Å². The fraction of sp³-hybridized carbons (Fsp3) is 0.548. The minimum atomic E-state index is -1.51. The van der Waals surface area contributed by atoms with Gasteiger partial charge < -0.3 is 29.1 Å². The Balaban J connectivity index is 1.51. The van der Waals surface area contributed by atoms with Gasteiger partial charge in [-0.25, -0.2) is 4.79 Å². The van der Waals surface area contributed by atoms with E-state index in [1.54, 1.807) is 23.4 Å². The first kappa shape index (κ1) is 29.2. The summed E-state index contributed by atoms with van der Waals surface area (Å²) < 4.78 is 16.5. The Morgan fingerprint density at radius 3 is 2.34 bits per heavy atom. The summed E-state index contributed by atoms with van der Waals surface area (Å²) in [6.07, 6.45) is 3.56. The lowest BCUT2D eigenvalue weighted by atomic mass is 9.62. The van der Waals surface area contributed by atoms with Gasteiger partial charge in [0.15, 0.2) is 0 Å². The number of aliphatic hydroxyl groups is 2. The molecule has 1 amide bonds. The Labute approximate surface area is 240 Å². The molecule has 2 fully saturated rings. The van der Waals surface area contributed by atoms with Gasteiger partial charge in [0.25, 0.3) is 5.89 Å². The third kappa shape index (κ3) is 5.48. The van der Waals surface area contributed by atoms with Crippen LogP contribution in [0.5, 0.6) is 0 Å². The molecule has 0 bridgehead atoms. The van der Waals surface area contributed by atoms with Crippen molar-refractivity contribution in [3.05, 3.63) is 65.2 Å². The number of ether oxygens (including phenoxy) is 2. The smallest absolute Gasteiger partial charge is 0.410 e. The summed E-state index contributed by atoms with van der Waals surface area (Å²) in [5, 5.41) is 27.8. The van der Waals surface area contributed by atoms with Gasteiger partial charge in [-0.1, -0.05) is 50.2 Å². The number of hydrogen-bond acceptors (Lipinski definition) is 9. The lowest BCUT2D eigenvalue weighted by Gasteiger charge is -2.56. The first-order valence-corrected chi connectivity index (χ1v) is 14.2. The van der Waals surface area contributed by atoms with Crippen molar-refractivity contribution in [3.8, 4) is 11.5 Å². The highest BCUT2D eigenvalue weighted by molar-refractivity contribution is 5.70. The van der Waals surface area contributed by atoms with Crippen LogP contribution >= 0.6 is 0 Å². The molecule has 2 N–H and O–H groups in total. The highest BCUT2D eigenvalue weighted by Crippen LogP contribution is 2.51. The van der Waals surface area contributed by atoms with Gasteiger partial charge in [0.2, 0.25) is 5.82 Å². The number of benzene rings is 1. The van der Waals surface area contributed by atoms with Gasteiger partial charge in [-0.3, -0.25) is 4.98 Å². The highest BCUT2D eigenvalue weighted by Gasteiger charge is 2.58. The summed E-state index contributed by atoms with van der Waals surface area (Å²) in [6.45, 7) is 13.1. The summed E-state index contributed by atoms with van der Waals surface area (Å²) in [4.78, 5) is 23.3. The van der Waals surface area contributed by atoms with Crippen molar-refractivity contribution < 1.29 is 29.0 Å². The Bertz CT molecular complexity index is 1380. The summed E-state index contributed by atoms with van der Waals surface area (Å²) in [7, 11) is 0. The third-order valence-corrected chi connectivity index (χ3v) is 8.17. The summed E-state index contributed by atoms with van der Waals surface area (Å²) in [6, 6.07) is 9.71. The van der Waals surface area contributed by atoms with Crippen LogP contribution < -0.4 is 0 Å². The van der Waals surface area contributed by atoms with E-state index in [1.165, 1.54) is 0 Å². The summed E-state index contributed by atoms with van der Waals surface area (Å²) in [5.74, 6) is 0.738. The molecular weight excluding hydrogens is 524 g/mol. The van der Waals surface area contributed by atoms with Crippen molar-refractivity contribution in [1.82, 2.24) is 20.0 Å². The van der Waals surface area contributed by atoms with Crippen molar-refractivity contribution in [2.45, 2.75) is 77.1 Å². The Hall–Kier alpha value is -3.34. The molecule has 10 heteroatoms. The van der Waals surface area contributed by atoms with E-state index >= 15 is 0 Å². The molecule has 3 aromatic rings. The number of likely N-dealkylation sites (tertiary alicyclic amines) is 1. The van der Waals surface area contributed by atoms with Crippen LogP contribution in [-0.2, 0) is 20.7 Å². The molecule has 0 radical (unpaired) electrons. The molecule has 0 spiro atoms. The largest absolute Gasteiger partial charge is 0.444 e. The summed E-state index contributed by atoms with van der Waals surface area (Å²) in [5.41, 5.74) is -1.20. The molecule has 5 rings (SSSR count). The van der Waals surface area contributed by atoms with E-state index in [0.29, 0.717) is 48.7 Å². The Kier molecular flexibility index (Phi) is 7.46. The van der Waals surface area contributed by atoms with Crippen LogP contribution in [0.25, 0.3) is 11.5 Å². The van der Waals surface area contributed by atoms with Gasteiger partial charge in [-0.15, -0.1) is 0 Å². The van der Waals surface area contributed by atoms with E-state index < -0.39 is 28.3 Å². The predicted molar refractivity (Wildman–Crippen MR) is 151 cm³/mol. The number of hydrogen-bond donors (Lipinski definition) is 2. The lowest BCUT2D eigenvalue weighted by Crippen LogP contribution is -2.66. The van der Waals surface area contributed by atoms with E-state index in [9.17, 15) is 15.0 Å². The lowest BCUT2D eigenvalue weighted by molar-refractivity contribution is -0.131. The molecule has 41 heavy (non-hydrogen) atoms. The maximum Gasteiger partial charge on any atom is 0.410 e. The minimum Gasteiger partial charge on any atom is -0.444 e. The first-order chi connectivity index (χ1) is 19.2. The second-order valence-electron chi connectivity index (χ2n) is 12.9. The monoisotopic (exact) mass is 564 g/mol. The zero-order chi connectivity index (χ0) is 29.6. The topological polar surface area (TPSA) is 131 Å². The van der Waals surface area contributed by atoms with Gasteiger partial charge >= 0.3 is 6.09 Å². The van der Waals surface area contributed by atoms with Crippen molar-refractivity contribution >= 4 is 6.09 Å². The molecule has 0 aliphatic carbocycles. The van der Waals surface area contributed by atoms with Crippen LogP contribution in [-0.4, -0.2) is 68.2 Å². The SMILES string of the molecule is CC(C)c1ccc([C@](O)(c2cncc(-c3nc(C4(O)CCOCC4)no3)c2)C2(C)CN(C(=O)OC(C)(C)C)C2)cc1.